The largest absolute Gasteiger partial charge is 0.465 e. The third kappa shape index (κ3) is 3.42. The van der Waals surface area contributed by atoms with Gasteiger partial charge < -0.3 is 10.1 Å². The number of aromatic nitrogens is 1. The molecule has 0 bridgehead atoms. The Hall–Kier alpha value is -2.38. The van der Waals surface area contributed by atoms with Crippen LogP contribution in [0.5, 0.6) is 0 Å². The van der Waals surface area contributed by atoms with Gasteiger partial charge in [-0.3, -0.25) is 4.79 Å². The van der Waals surface area contributed by atoms with Crippen molar-refractivity contribution < 1.29 is 14.3 Å². The molecular formula is C17H14N2O3S2. The molecule has 0 saturated carbocycles. The van der Waals surface area contributed by atoms with Crippen LogP contribution in [0.3, 0.4) is 0 Å². The number of hydrogen-bond donors (Lipinski definition) is 1. The number of carbonyl (C=O) groups is 2. The van der Waals surface area contributed by atoms with Gasteiger partial charge >= 0.3 is 5.97 Å². The fourth-order valence-electron chi connectivity index (χ4n) is 2.15. The SMILES string of the molecule is COC(=O)c1ccc(C(=O)Nc2ccc3nc(SC)sc3c2)cc1. The van der Waals surface area contributed by atoms with E-state index >= 15 is 0 Å². The number of amides is 1. The molecule has 1 aromatic heterocycles. The van der Waals surface area contributed by atoms with Crippen LogP contribution in [0.15, 0.2) is 46.8 Å². The fourth-order valence-corrected chi connectivity index (χ4v) is 3.68. The minimum Gasteiger partial charge on any atom is -0.465 e. The summed E-state index contributed by atoms with van der Waals surface area (Å²) in [5.41, 5.74) is 2.51. The number of ether oxygens (including phenoxy) is 1. The first-order valence-corrected chi connectivity index (χ1v) is 9.09. The Kier molecular flexibility index (Phi) is 4.82. The van der Waals surface area contributed by atoms with Crippen LogP contribution in [-0.2, 0) is 4.74 Å². The van der Waals surface area contributed by atoms with E-state index in [1.165, 1.54) is 7.11 Å². The lowest BCUT2D eigenvalue weighted by Gasteiger charge is -2.06. The van der Waals surface area contributed by atoms with Crippen molar-refractivity contribution in [3.05, 3.63) is 53.6 Å². The average Bonchev–Trinajstić information content (AvgIpc) is 3.03. The third-order valence-electron chi connectivity index (χ3n) is 3.37. The number of thiazole rings is 1. The van der Waals surface area contributed by atoms with E-state index < -0.39 is 5.97 Å². The molecule has 1 N–H and O–H groups in total. The molecule has 0 saturated heterocycles. The van der Waals surface area contributed by atoms with Crippen LogP contribution >= 0.6 is 23.1 Å². The lowest BCUT2D eigenvalue weighted by Crippen LogP contribution is -2.12. The van der Waals surface area contributed by atoms with E-state index in [0.29, 0.717) is 16.8 Å². The van der Waals surface area contributed by atoms with Crippen molar-refractivity contribution in [2.24, 2.45) is 0 Å². The maximum Gasteiger partial charge on any atom is 0.337 e. The lowest BCUT2D eigenvalue weighted by molar-refractivity contribution is 0.0600. The van der Waals surface area contributed by atoms with Crippen molar-refractivity contribution in [1.82, 2.24) is 4.98 Å². The van der Waals surface area contributed by atoms with E-state index in [4.69, 9.17) is 0 Å². The van der Waals surface area contributed by atoms with Gasteiger partial charge in [0, 0.05) is 11.3 Å². The van der Waals surface area contributed by atoms with E-state index in [2.05, 4.69) is 15.0 Å². The summed E-state index contributed by atoms with van der Waals surface area (Å²) in [5, 5.41) is 2.86. The maximum absolute atomic E-state index is 12.3. The number of esters is 1. The Morgan fingerprint density at radius 1 is 1.12 bits per heavy atom. The summed E-state index contributed by atoms with van der Waals surface area (Å²) in [6.07, 6.45) is 1.98. The van der Waals surface area contributed by atoms with Gasteiger partial charge in [-0.1, -0.05) is 11.8 Å². The smallest absolute Gasteiger partial charge is 0.337 e. The van der Waals surface area contributed by atoms with Crippen LogP contribution in [0, 0.1) is 0 Å². The van der Waals surface area contributed by atoms with Gasteiger partial charge in [-0.25, -0.2) is 9.78 Å². The van der Waals surface area contributed by atoms with E-state index in [-0.39, 0.29) is 5.91 Å². The Morgan fingerprint density at radius 3 is 2.50 bits per heavy atom. The van der Waals surface area contributed by atoms with E-state index in [1.807, 2.05) is 24.5 Å². The van der Waals surface area contributed by atoms with Crippen LogP contribution in [0.25, 0.3) is 10.2 Å². The summed E-state index contributed by atoms with van der Waals surface area (Å²) in [4.78, 5) is 28.2. The third-order valence-corrected chi connectivity index (χ3v) is 5.37. The summed E-state index contributed by atoms with van der Waals surface area (Å²) >= 11 is 3.19. The minimum absolute atomic E-state index is 0.236. The summed E-state index contributed by atoms with van der Waals surface area (Å²) in [6, 6.07) is 12.0. The van der Waals surface area contributed by atoms with Gasteiger partial charge in [0.1, 0.15) is 0 Å². The molecule has 0 atom stereocenters. The number of thioether (sulfide) groups is 1. The van der Waals surface area contributed by atoms with Crippen LogP contribution in [-0.4, -0.2) is 30.2 Å². The molecule has 3 rings (SSSR count). The zero-order valence-electron chi connectivity index (χ0n) is 13.0. The number of benzene rings is 2. The van der Waals surface area contributed by atoms with Crippen LogP contribution in [0.1, 0.15) is 20.7 Å². The predicted octanol–water partition coefficient (Wildman–Crippen LogP) is 4.06. The molecule has 0 spiro atoms. The molecule has 0 aliphatic heterocycles. The zero-order valence-corrected chi connectivity index (χ0v) is 14.7. The number of nitrogens with zero attached hydrogens (tertiary/aromatic N) is 1. The summed E-state index contributed by atoms with van der Waals surface area (Å²) in [6.45, 7) is 0. The molecule has 7 heteroatoms. The molecule has 122 valence electrons. The summed E-state index contributed by atoms with van der Waals surface area (Å²) < 4.78 is 6.66. The number of methoxy groups -OCH3 is 1. The minimum atomic E-state index is -0.429. The summed E-state index contributed by atoms with van der Waals surface area (Å²) in [7, 11) is 1.32. The molecule has 1 heterocycles. The molecule has 0 fully saturated rings. The average molecular weight is 358 g/mol. The first kappa shape index (κ1) is 16.5. The highest BCUT2D eigenvalue weighted by molar-refractivity contribution is 8.00. The molecule has 0 aliphatic carbocycles. The Labute approximate surface area is 147 Å². The molecule has 0 unspecified atom stereocenters. The van der Waals surface area contributed by atoms with Crippen molar-refractivity contribution in [3.63, 3.8) is 0 Å². The quantitative estimate of drug-likeness (QED) is 0.563. The van der Waals surface area contributed by atoms with Crippen LogP contribution in [0.2, 0.25) is 0 Å². The Bertz CT molecular complexity index is 904. The lowest BCUT2D eigenvalue weighted by atomic mass is 10.1. The maximum atomic E-state index is 12.3. The number of fused-ring (bicyclic) bond motifs is 1. The van der Waals surface area contributed by atoms with E-state index in [0.717, 1.165) is 14.6 Å². The highest BCUT2D eigenvalue weighted by atomic mass is 32.2. The predicted molar refractivity (Wildman–Crippen MR) is 97.1 cm³/mol. The van der Waals surface area contributed by atoms with E-state index in [9.17, 15) is 9.59 Å². The van der Waals surface area contributed by atoms with Gasteiger partial charge in [0.15, 0.2) is 4.34 Å². The second kappa shape index (κ2) is 7.02. The van der Waals surface area contributed by atoms with Crippen molar-refractivity contribution in [2.45, 2.75) is 4.34 Å². The number of carbonyl (C=O) groups excluding carboxylic acids is 2. The monoisotopic (exact) mass is 358 g/mol. The Balaban J connectivity index is 1.77. The molecular weight excluding hydrogens is 344 g/mol. The number of anilines is 1. The fraction of sp³-hybridized carbons (Fsp3) is 0.118. The summed E-state index contributed by atoms with van der Waals surface area (Å²) in [5.74, 6) is -0.664. The molecule has 2 aromatic carbocycles. The van der Waals surface area contributed by atoms with Gasteiger partial charge in [0.25, 0.3) is 5.91 Å². The molecule has 1 amide bonds. The molecule has 24 heavy (non-hydrogen) atoms. The zero-order chi connectivity index (χ0) is 17.1. The first-order valence-electron chi connectivity index (χ1n) is 7.05. The van der Waals surface area contributed by atoms with Crippen LogP contribution in [0.4, 0.5) is 5.69 Å². The van der Waals surface area contributed by atoms with Crippen molar-refractivity contribution >= 4 is 50.9 Å². The first-order chi connectivity index (χ1) is 11.6. The topological polar surface area (TPSA) is 68.3 Å². The number of rotatable bonds is 4. The number of nitrogens with one attached hydrogen (secondary N) is 1. The molecule has 5 nitrogen and oxygen atoms in total. The van der Waals surface area contributed by atoms with E-state index in [1.54, 1.807) is 47.4 Å². The Morgan fingerprint density at radius 2 is 1.83 bits per heavy atom. The normalized spacial score (nSPS) is 10.6. The standard InChI is InChI=1S/C17H14N2O3S2/c1-22-16(21)11-5-3-10(4-6-11)15(20)18-12-7-8-13-14(9-12)24-17(19-13)23-2/h3-9H,1-2H3,(H,18,20). The number of hydrogen-bond acceptors (Lipinski definition) is 6. The molecule has 0 aliphatic rings. The van der Waals surface area contributed by atoms with Gasteiger partial charge in [-0.15, -0.1) is 11.3 Å². The second-order valence-electron chi connectivity index (χ2n) is 4.89. The van der Waals surface area contributed by atoms with Gasteiger partial charge in [0.05, 0.1) is 22.9 Å². The van der Waals surface area contributed by atoms with Crippen LogP contribution < -0.4 is 5.32 Å². The van der Waals surface area contributed by atoms with Gasteiger partial charge in [-0.05, 0) is 48.7 Å². The highest BCUT2D eigenvalue weighted by Crippen LogP contribution is 2.30. The molecule has 3 aromatic rings. The van der Waals surface area contributed by atoms with Crippen molar-refractivity contribution in [2.75, 3.05) is 18.7 Å². The van der Waals surface area contributed by atoms with Crippen molar-refractivity contribution in [3.8, 4) is 0 Å². The van der Waals surface area contributed by atoms with Crippen molar-refractivity contribution in [1.29, 1.82) is 0 Å². The second-order valence-corrected chi connectivity index (χ2v) is 6.97. The molecule has 0 radical (unpaired) electrons. The highest BCUT2D eigenvalue weighted by Gasteiger charge is 2.10. The van der Waals surface area contributed by atoms with Gasteiger partial charge in [-0.2, -0.15) is 0 Å². The van der Waals surface area contributed by atoms with Gasteiger partial charge in [0.2, 0.25) is 0 Å².